The lowest BCUT2D eigenvalue weighted by Crippen LogP contribution is -2.41. The normalized spacial score (nSPS) is 17.4. The van der Waals surface area contributed by atoms with E-state index in [1.165, 1.54) is 0 Å². The minimum Gasteiger partial charge on any atom is -0.370 e. The highest BCUT2D eigenvalue weighted by Gasteiger charge is 2.21. The van der Waals surface area contributed by atoms with Gasteiger partial charge in [-0.05, 0) is 57.1 Å². The molecule has 2 aliphatic rings. The maximum atomic E-state index is 12.0. The zero-order chi connectivity index (χ0) is 22.8. The number of anilines is 3. The average Bonchev–Trinajstić information content (AvgIpc) is 3.23. The smallest absolute Gasteiger partial charge is 0.253 e. The first-order valence-electron chi connectivity index (χ1n) is 11.1. The van der Waals surface area contributed by atoms with Crippen molar-refractivity contribution in [3.05, 3.63) is 47.4 Å². The van der Waals surface area contributed by atoms with Gasteiger partial charge in [-0.15, -0.1) is 0 Å². The molecule has 0 radical (unpaired) electrons. The Bertz CT molecular complexity index is 1140. The number of hydrogen-bond donors (Lipinski definition) is 2. The third-order valence-corrected chi connectivity index (χ3v) is 6.30. The number of nitrogens with zero attached hydrogens (tertiary/aromatic N) is 5. The predicted octanol–water partition coefficient (Wildman–Crippen LogP) is 3.33. The molecule has 3 aromatic rings. The fourth-order valence-corrected chi connectivity index (χ4v) is 4.43. The molecule has 0 unspecified atom stereocenters. The van der Waals surface area contributed by atoms with Gasteiger partial charge in [-0.3, -0.25) is 9.48 Å². The Hall–Kier alpha value is -3.01. The van der Waals surface area contributed by atoms with Crippen molar-refractivity contribution in [3.8, 4) is 11.3 Å². The Morgan fingerprint density at radius 3 is 2.76 bits per heavy atom. The lowest BCUT2D eigenvalue weighted by Gasteiger charge is -2.26. The summed E-state index contributed by atoms with van der Waals surface area (Å²) in [5.41, 5.74) is 4.11. The van der Waals surface area contributed by atoms with Crippen molar-refractivity contribution in [1.29, 1.82) is 0 Å². The summed E-state index contributed by atoms with van der Waals surface area (Å²) < 4.78 is 7.24. The summed E-state index contributed by atoms with van der Waals surface area (Å²) in [4.78, 5) is 22.8. The van der Waals surface area contributed by atoms with Gasteiger partial charge in [-0.2, -0.15) is 5.10 Å². The molecule has 2 fully saturated rings. The monoisotopic (exact) mass is 467 g/mol. The van der Waals surface area contributed by atoms with Crippen molar-refractivity contribution in [2.75, 3.05) is 43.1 Å². The van der Waals surface area contributed by atoms with Gasteiger partial charge in [0.05, 0.1) is 35.3 Å². The minimum atomic E-state index is -0.0342. The molecular weight excluding hydrogens is 442 g/mol. The zero-order valence-corrected chi connectivity index (χ0v) is 19.2. The highest BCUT2D eigenvalue weighted by Crippen LogP contribution is 2.31. The Labute approximate surface area is 197 Å². The first kappa shape index (κ1) is 21.8. The van der Waals surface area contributed by atoms with Crippen LogP contribution in [0.1, 0.15) is 24.6 Å². The van der Waals surface area contributed by atoms with Crippen LogP contribution < -0.4 is 15.5 Å². The van der Waals surface area contributed by atoms with Gasteiger partial charge in [0.25, 0.3) is 5.91 Å². The molecule has 4 heterocycles. The first-order valence-corrected chi connectivity index (χ1v) is 11.5. The number of aryl methyl sites for hydroxylation is 1. The number of nitrogens with one attached hydrogen (secondary N) is 2. The topological polar surface area (TPSA) is 97.2 Å². The number of carbonyl (C=O) groups is 1. The number of rotatable bonds is 5. The lowest BCUT2D eigenvalue weighted by atomic mass is 10.1. The SMILES string of the molecule is Cc1nn(C2CCNCC2)cc1-c1nc(Nc2ccc(N3CCOCC3=O)cc2)ncc1Cl. The standard InChI is InChI=1S/C23H26ClN7O2/c1-15-19(13-31(29-15)18-6-8-25-9-7-18)22-20(24)12-26-23(28-22)27-16-2-4-17(5-3-16)30-10-11-33-14-21(30)32/h2-5,12-13,18,25H,6-11,14H2,1H3,(H,26,27,28). The molecule has 2 aromatic heterocycles. The van der Waals surface area contributed by atoms with E-state index >= 15 is 0 Å². The van der Waals surface area contributed by atoms with Crippen LogP contribution >= 0.6 is 11.6 Å². The Morgan fingerprint density at radius 2 is 2.00 bits per heavy atom. The van der Waals surface area contributed by atoms with Crippen LogP contribution in [0, 0.1) is 6.92 Å². The number of hydrogen-bond acceptors (Lipinski definition) is 7. The maximum Gasteiger partial charge on any atom is 0.253 e. The third kappa shape index (κ3) is 4.71. The largest absolute Gasteiger partial charge is 0.370 e. The summed E-state index contributed by atoms with van der Waals surface area (Å²) in [6.07, 6.45) is 5.75. The van der Waals surface area contributed by atoms with E-state index < -0.39 is 0 Å². The lowest BCUT2D eigenvalue weighted by molar-refractivity contribution is -0.125. The van der Waals surface area contributed by atoms with Gasteiger partial charge in [-0.1, -0.05) is 11.6 Å². The molecule has 10 heteroatoms. The highest BCUT2D eigenvalue weighted by atomic mass is 35.5. The summed E-state index contributed by atoms with van der Waals surface area (Å²) in [6, 6.07) is 7.98. The van der Waals surface area contributed by atoms with Crippen molar-refractivity contribution >= 4 is 34.8 Å². The van der Waals surface area contributed by atoms with Crippen molar-refractivity contribution in [2.45, 2.75) is 25.8 Å². The Morgan fingerprint density at radius 1 is 1.21 bits per heavy atom. The van der Waals surface area contributed by atoms with Crippen LogP contribution in [-0.4, -0.2) is 58.5 Å². The van der Waals surface area contributed by atoms with Crippen LogP contribution in [0.25, 0.3) is 11.3 Å². The number of piperidine rings is 1. The number of morpholine rings is 1. The second kappa shape index (κ2) is 9.46. The van der Waals surface area contributed by atoms with Gasteiger partial charge < -0.3 is 20.3 Å². The Balaban J connectivity index is 1.35. The summed E-state index contributed by atoms with van der Waals surface area (Å²) in [6.45, 7) is 5.19. The van der Waals surface area contributed by atoms with Gasteiger partial charge in [0.1, 0.15) is 6.61 Å². The summed E-state index contributed by atoms with van der Waals surface area (Å²) in [5.74, 6) is 0.409. The molecule has 9 nitrogen and oxygen atoms in total. The quantitative estimate of drug-likeness (QED) is 0.594. The van der Waals surface area contributed by atoms with E-state index in [4.69, 9.17) is 21.4 Å². The molecule has 0 bridgehead atoms. The number of aromatic nitrogens is 4. The van der Waals surface area contributed by atoms with E-state index in [2.05, 4.69) is 20.6 Å². The van der Waals surface area contributed by atoms with Crippen LogP contribution in [0.3, 0.4) is 0 Å². The molecule has 0 aliphatic carbocycles. The molecule has 1 aromatic carbocycles. The number of benzene rings is 1. The Kier molecular flexibility index (Phi) is 6.26. The third-order valence-electron chi connectivity index (χ3n) is 6.02. The fraction of sp³-hybridized carbons (Fsp3) is 0.391. The van der Waals surface area contributed by atoms with E-state index in [-0.39, 0.29) is 12.5 Å². The van der Waals surface area contributed by atoms with Gasteiger partial charge >= 0.3 is 0 Å². The van der Waals surface area contributed by atoms with Crippen LogP contribution in [0.4, 0.5) is 17.3 Å². The van der Waals surface area contributed by atoms with Gasteiger partial charge in [0.15, 0.2) is 0 Å². The summed E-state index contributed by atoms with van der Waals surface area (Å²) in [7, 11) is 0. The summed E-state index contributed by atoms with van der Waals surface area (Å²) in [5, 5.41) is 11.8. The molecule has 5 rings (SSSR count). The number of halogens is 1. The number of carbonyl (C=O) groups excluding carboxylic acids is 1. The number of ether oxygens (including phenoxy) is 1. The van der Waals surface area contributed by atoms with Crippen molar-refractivity contribution < 1.29 is 9.53 Å². The molecule has 172 valence electrons. The van der Waals surface area contributed by atoms with Gasteiger partial charge in [0.2, 0.25) is 5.95 Å². The first-order chi connectivity index (χ1) is 16.1. The maximum absolute atomic E-state index is 12.0. The molecule has 33 heavy (non-hydrogen) atoms. The van der Waals surface area contributed by atoms with Crippen LogP contribution in [0.2, 0.25) is 5.02 Å². The summed E-state index contributed by atoms with van der Waals surface area (Å²) >= 11 is 6.47. The molecule has 1 amide bonds. The van der Waals surface area contributed by atoms with E-state index in [1.807, 2.05) is 42.1 Å². The average molecular weight is 468 g/mol. The van der Waals surface area contributed by atoms with Crippen molar-refractivity contribution in [1.82, 2.24) is 25.1 Å². The highest BCUT2D eigenvalue weighted by molar-refractivity contribution is 6.33. The molecule has 2 aliphatic heterocycles. The fourth-order valence-electron chi connectivity index (χ4n) is 4.23. The van der Waals surface area contributed by atoms with Crippen LogP contribution in [0.5, 0.6) is 0 Å². The second-order valence-corrected chi connectivity index (χ2v) is 8.66. The molecular formula is C23H26ClN7O2. The van der Waals surface area contributed by atoms with Crippen molar-refractivity contribution in [3.63, 3.8) is 0 Å². The molecule has 0 saturated carbocycles. The van der Waals surface area contributed by atoms with Crippen LogP contribution in [0.15, 0.2) is 36.7 Å². The van der Waals surface area contributed by atoms with Crippen molar-refractivity contribution in [2.24, 2.45) is 0 Å². The van der Waals surface area contributed by atoms with Gasteiger partial charge in [-0.25, -0.2) is 9.97 Å². The van der Waals surface area contributed by atoms with E-state index in [9.17, 15) is 4.79 Å². The van der Waals surface area contributed by atoms with E-state index in [1.54, 1.807) is 11.1 Å². The second-order valence-electron chi connectivity index (χ2n) is 8.25. The predicted molar refractivity (Wildman–Crippen MR) is 127 cm³/mol. The molecule has 0 atom stereocenters. The number of amides is 1. The van der Waals surface area contributed by atoms with Crippen LogP contribution in [-0.2, 0) is 9.53 Å². The zero-order valence-electron chi connectivity index (χ0n) is 18.4. The van der Waals surface area contributed by atoms with Gasteiger partial charge in [0, 0.05) is 29.7 Å². The minimum absolute atomic E-state index is 0.0342. The molecule has 2 saturated heterocycles. The van der Waals surface area contributed by atoms with E-state index in [0.717, 1.165) is 48.6 Å². The van der Waals surface area contributed by atoms with E-state index in [0.29, 0.717) is 35.9 Å². The molecule has 0 spiro atoms. The molecule has 2 N–H and O–H groups in total.